The molecule has 0 saturated carbocycles. The fourth-order valence-electron chi connectivity index (χ4n) is 0.851. The van der Waals surface area contributed by atoms with Crippen LogP contribution in [0.1, 0.15) is 5.56 Å². The van der Waals surface area contributed by atoms with Crippen LogP contribution in [0.25, 0.3) is 10.2 Å². The monoisotopic (exact) mass is 161 g/mol. The number of rotatable bonds is 0. The molecule has 1 aromatic carbocycles. The number of nitriles is 1. The Balaban J connectivity index is 2.79. The van der Waals surface area contributed by atoms with Gasteiger partial charge in [-0.2, -0.15) is 5.26 Å². The van der Waals surface area contributed by atoms with E-state index in [9.17, 15) is 0 Å². The second-order valence-corrected chi connectivity index (χ2v) is 2.85. The summed E-state index contributed by atoms with van der Waals surface area (Å²) < 4.78 is 4.78. The van der Waals surface area contributed by atoms with Crippen LogP contribution < -0.4 is 0 Å². The summed E-state index contributed by atoms with van der Waals surface area (Å²) in [4.78, 5) is 0. The summed E-state index contributed by atoms with van der Waals surface area (Å²) in [5, 5.41) is 12.4. The van der Waals surface area contributed by atoms with Crippen molar-refractivity contribution in [2.45, 2.75) is 0 Å². The van der Waals surface area contributed by atoms with E-state index in [1.807, 2.05) is 12.1 Å². The van der Waals surface area contributed by atoms with Crippen molar-refractivity contribution in [1.29, 1.82) is 5.26 Å². The van der Waals surface area contributed by atoms with E-state index in [1.54, 1.807) is 12.1 Å². The molecule has 0 spiro atoms. The number of benzene rings is 1. The number of hydrogen-bond acceptors (Lipinski definition) is 4. The van der Waals surface area contributed by atoms with E-state index in [2.05, 4.69) is 9.59 Å². The summed E-state index contributed by atoms with van der Waals surface area (Å²) in [5.41, 5.74) is 1.43. The highest BCUT2D eigenvalue weighted by Crippen LogP contribution is 2.15. The van der Waals surface area contributed by atoms with Crippen molar-refractivity contribution in [3.05, 3.63) is 23.8 Å². The molecule has 0 unspecified atom stereocenters. The van der Waals surface area contributed by atoms with Crippen LogP contribution in [0.2, 0.25) is 0 Å². The normalized spacial score (nSPS) is 9.73. The maximum absolute atomic E-state index is 8.54. The number of fused-ring (bicyclic) bond motifs is 1. The summed E-state index contributed by atoms with van der Waals surface area (Å²) in [5.74, 6) is 0. The Kier molecular flexibility index (Phi) is 1.30. The van der Waals surface area contributed by atoms with Gasteiger partial charge in [-0.05, 0) is 29.7 Å². The number of hydrogen-bond donors (Lipinski definition) is 0. The Hall–Kier alpha value is -1.47. The number of aromatic nitrogens is 2. The lowest BCUT2D eigenvalue weighted by Gasteiger charge is -1.85. The molecular weight excluding hydrogens is 158 g/mol. The second-order valence-electron chi connectivity index (χ2n) is 2.07. The van der Waals surface area contributed by atoms with Crippen molar-refractivity contribution < 1.29 is 0 Å². The first-order chi connectivity index (χ1) is 5.40. The minimum atomic E-state index is 0.630. The van der Waals surface area contributed by atoms with Gasteiger partial charge in [0.1, 0.15) is 5.52 Å². The van der Waals surface area contributed by atoms with Crippen LogP contribution in [0.3, 0.4) is 0 Å². The average molecular weight is 161 g/mol. The molecule has 4 heteroatoms. The molecule has 3 nitrogen and oxygen atoms in total. The van der Waals surface area contributed by atoms with E-state index in [0.717, 1.165) is 10.2 Å². The third kappa shape index (κ3) is 0.954. The van der Waals surface area contributed by atoms with Gasteiger partial charge in [0.25, 0.3) is 0 Å². The zero-order valence-corrected chi connectivity index (χ0v) is 6.30. The van der Waals surface area contributed by atoms with Gasteiger partial charge >= 0.3 is 0 Å². The van der Waals surface area contributed by atoms with Crippen molar-refractivity contribution in [2.24, 2.45) is 0 Å². The van der Waals surface area contributed by atoms with Crippen LogP contribution >= 0.6 is 11.5 Å². The zero-order chi connectivity index (χ0) is 7.68. The van der Waals surface area contributed by atoms with Gasteiger partial charge in [0.05, 0.1) is 16.3 Å². The van der Waals surface area contributed by atoms with Crippen molar-refractivity contribution >= 4 is 21.7 Å². The van der Waals surface area contributed by atoms with Gasteiger partial charge in [-0.3, -0.25) is 0 Å². The third-order valence-corrected chi connectivity index (χ3v) is 2.08. The highest BCUT2D eigenvalue weighted by atomic mass is 32.1. The molecule has 0 amide bonds. The lowest BCUT2D eigenvalue weighted by atomic mass is 10.2. The van der Waals surface area contributed by atoms with E-state index < -0.39 is 0 Å². The smallest absolute Gasteiger partial charge is 0.107 e. The van der Waals surface area contributed by atoms with Crippen LogP contribution in [0.5, 0.6) is 0 Å². The molecule has 1 aromatic heterocycles. The fraction of sp³-hybridized carbons (Fsp3) is 0. The van der Waals surface area contributed by atoms with Gasteiger partial charge in [-0.25, -0.2) is 0 Å². The Morgan fingerprint density at radius 1 is 1.45 bits per heavy atom. The van der Waals surface area contributed by atoms with E-state index in [0.29, 0.717) is 5.56 Å². The highest BCUT2D eigenvalue weighted by Gasteiger charge is 1.97. The molecule has 0 aliphatic heterocycles. The van der Waals surface area contributed by atoms with Crippen LogP contribution in [-0.4, -0.2) is 9.59 Å². The van der Waals surface area contributed by atoms with Crippen molar-refractivity contribution in [2.75, 3.05) is 0 Å². The summed E-state index contributed by atoms with van der Waals surface area (Å²) >= 11 is 1.34. The summed E-state index contributed by atoms with van der Waals surface area (Å²) in [6.45, 7) is 0. The summed E-state index contributed by atoms with van der Waals surface area (Å²) in [6.07, 6.45) is 0. The maximum atomic E-state index is 8.54. The van der Waals surface area contributed by atoms with Crippen LogP contribution in [0.15, 0.2) is 18.2 Å². The van der Waals surface area contributed by atoms with Crippen LogP contribution in [0.4, 0.5) is 0 Å². The molecule has 11 heavy (non-hydrogen) atoms. The minimum absolute atomic E-state index is 0.630. The average Bonchev–Trinajstić information content (AvgIpc) is 2.50. The van der Waals surface area contributed by atoms with Gasteiger partial charge in [0, 0.05) is 0 Å². The van der Waals surface area contributed by atoms with Gasteiger partial charge in [-0.1, -0.05) is 4.49 Å². The van der Waals surface area contributed by atoms with Gasteiger partial charge < -0.3 is 0 Å². The Morgan fingerprint density at radius 3 is 3.18 bits per heavy atom. The standard InChI is InChI=1S/C7H3N3S/c8-4-5-1-2-7-6(3-5)9-10-11-7/h1-3H. The first-order valence-electron chi connectivity index (χ1n) is 3.02. The van der Waals surface area contributed by atoms with Crippen molar-refractivity contribution in [3.8, 4) is 6.07 Å². The third-order valence-electron chi connectivity index (χ3n) is 1.38. The lowest BCUT2D eigenvalue weighted by Crippen LogP contribution is -1.72. The lowest BCUT2D eigenvalue weighted by molar-refractivity contribution is 1.20. The largest absolute Gasteiger partial charge is 0.192 e. The fourth-order valence-corrected chi connectivity index (χ4v) is 1.39. The molecule has 2 rings (SSSR count). The zero-order valence-electron chi connectivity index (χ0n) is 5.48. The predicted octanol–water partition coefficient (Wildman–Crippen LogP) is 1.56. The first kappa shape index (κ1) is 6.25. The van der Waals surface area contributed by atoms with Gasteiger partial charge in [-0.15, -0.1) is 5.10 Å². The SMILES string of the molecule is N#Cc1ccc2snnc2c1. The molecule has 0 aliphatic carbocycles. The quantitative estimate of drug-likeness (QED) is 0.589. The molecule has 0 radical (unpaired) electrons. The minimum Gasteiger partial charge on any atom is -0.192 e. The van der Waals surface area contributed by atoms with Crippen molar-refractivity contribution in [1.82, 2.24) is 9.59 Å². The highest BCUT2D eigenvalue weighted by molar-refractivity contribution is 7.12. The molecule has 0 saturated heterocycles. The van der Waals surface area contributed by atoms with Crippen LogP contribution in [-0.2, 0) is 0 Å². The molecule has 1 heterocycles. The molecular formula is C7H3N3S. The molecule has 0 N–H and O–H groups in total. The molecule has 0 aliphatic rings. The van der Waals surface area contributed by atoms with Crippen LogP contribution in [0, 0.1) is 11.3 Å². The summed E-state index contributed by atoms with van der Waals surface area (Å²) in [6, 6.07) is 7.41. The topological polar surface area (TPSA) is 49.6 Å². The van der Waals surface area contributed by atoms with Gasteiger partial charge in [0.15, 0.2) is 0 Å². The van der Waals surface area contributed by atoms with E-state index >= 15 is 0 Å². The Morgan fingerprint density at radius 2 is 2.36 bits per heavy atom. The Labute approximate surface area is 67.1 Å². The predicted molar refractivity (Wildman–Crippen MR) is 42.1 cm³/mol. The van der Waals surface area contributed by atoms with E-state index in [4.69, 9.17) is 5.26 Å². The van der Waals surface area contributed by atoms with E-state index in [-0.39, 0.29) is 0 Å². The maximum Gasteiger partial charge on any atom is 0.107 e. The Bertz CT molecular complexity index is 426. The van der Waals surface area contributed by atoms with Crippen molar-refractivity contribution in [3.63, 3.8) is 0 Å². The van der Waals surface area contributed by atoms with Gasteiger partial charge in [0.2, 0.25) is 0 Å². The molecule has 52 valence electrons. The molecule has 0 bridgehead atoms. The first-order valence-corrected chi connectivity index (χ1v) is 3.80. The summed E-state index contributed by atoms with van der Waals surface area (Å²) in [7, 11) is 0. The second kappa shape index (κ2) is 2.29. The van der Waals surface area contributed by atoms with E-state index in [1.165, 1.54) is 11.5 Å². The number of nitrogens with zero attached hydrogens (tertiary/aromatic N) is 3. The molecule has 2 aromatic rings. The molecule has 0 fully saturated rings. The molecule has 0 atom stereocenters.